The number of hydrogen-bond donors (Lipinski definition) is 1. The fourth-order valence-electron chi connectivity index (χ4n) is 5.27. The van der Waals surface area contributed by atoms with Gasteiger partial charge in [0.2, 0.25) is 6.79 Å². The number of ether oxygens (including phenoxy) is 3. The van der Waals surface area contributed by atoms with Crippen LogP contribution >= 0.6 is 11.3 Å². The van der Waals surface area contributed by atoms with E-state index in [9.17, 15) is 18.4 Å². The zero-order valence-electron chi connectivity index (χ0n) is 24.1. The molecule has 9 nitrogen and oxygen atoms in total. The van der Waals surface area contributed by atoms with Gasteiger partial charge in [0.05, 0.1) is 24.2 Å². The first-order valence-corrected chi connectivity index (χ1v) is 14.8. The molecule has 0 saturated heterocycles. The molecule has 3 aromatic carbocycles. The highest BCUT2D eigenvalue weighted by Gasteiger charge is 2.26. The molecule has 0 atom stereocenters. The zero-order chi connectivity index (χ0) is 31.0. The van der Waals surface area contributed by atoms with Gasteiger partial charge in [-0.05, 0) is 61.0 Å². The van der Waals surface area contributed by atoms with Crippen LogP contribution in [0, 0.1) is 11.6 Å². The molecule has 0 radical (unpaired) electrons. The second-order valence-electron chi connectivity index (χ2n) is 10.5. The van der Waals surface area contributed by atoms with Crippen LogP contribution in [0.2, 0.25) is 0 Å². The number of nitrogen functional groups attached to an aromatic ring is 1. The van der Waals surface area contributed by atoms with E-state index in [1.807, 2.05) is 19.2 Å². The van der Waals surface area contributed by atoms with Crippen LogP contribution in [0.15, 0.2) is 70.3 Å². The van der Waals surface area contributed by atoms with E-state index in [0.29, 0.717) is 53.5 Å². The largest absolute Gasteiger partial charge is 0.454 e. The van der Waals surface area contributed by atoms with Gasteiger partial charge in [-0.1, -0.05) is 18.2 Å². The quantitative estimate of drug-likeness (QED) is 0.227. The Kier molecular flexibility index (Phi) is 8.21. The number of methoxy groups -OCH3 is 1. The molecule has 3 heterocycles. The number of hydrogen-bond acceptors (Lipinski definition) is 8. The summed E-state index contributed by atoms with van der Waals surface area (Å²) in [5.41, 5.74) is 6.76. The lowest BCUT2D eigenvalue weighted by Gasteiger charge is -2.17. The molecule has 6 rings (SSSR count). The third-order valence-corrected chi connectivity index (χ3v) is 8.96. The molecule has 44 heavy (non-hydrogen) atoms. The predicted molar refractivity (Wildman–Crippen MR) is 166 cm³/mol. The summed E-state index contributed by atoms with van der Waals surface area (Å²) in [7, 11) is 3.59. The molecule has 0 unspecified atom stereocenters. The summed E-state index contributed by atoms with van der Waals surface area (Å²) in [6.07, 6.45) is 0.461. The molecule has 0 saturated carbocycles. The summed E-state index contributed by atoms with van der Waals surface area (Å²) < 4.78 is 48.3. The molecule has 0 amide bonds. The monoisotopic (exact) mass is 620 g/mol. The second kappa shape index (κ2) is 12.2. The molecular formula is C32H30F2N4O5S. The molecule has 0 aliphatic carbocycles. The Balaban J connectivity index is 1.63. The van der Waals surface area contributed by atoms with Gasteiger partial charge in [0, 0.05) is 42.4 Å². The summed E-state index contributed by atoms with van der Waals surface area (Å²) >= 11 is 1.24. The van der Waals surface area contributed by atoms with Gasteiger partial charge in [-0.15, -0.1) is 11.3 Å². The van der Waals surface area contributed by atoms with Crippen LogP contribution in [0.1, 0.15) is 11.1 Å². The van der Waals surface area contributed by atoms with E-state index in [2.05, 4.69) is 4.90 Å². The minimum absolute atomic E-state index is 0.0136. The number of fused-ring (bicyclic) bond motifs is 2. The van der Waals surface area contributed by atoms with Crippen molar-refractivity contribution in [1.29, 1.82) is 0 Å². The number of rotatable bonds is 10. The first kappa shape index (κ1) is 29.5. The van der Waals surface area contributed by atoms with Gasteiger partial charge in [-0.25, -0.2) is 18.1 Å². The van der Waals surface area contributed by atoms with Crippen molar-refractivity contribution in [3.05, 3.63) is 104 Å². The maximum atomic E-state index is 14.9. The average Bonchev–Trinajstić information content (AvgIpc) is 3.63. The highest BCUT2D eigenvalue weighted by Crippen LogP contribution is 2.39. The van der Waals surface area contributed by atoms with E-state index in [1.54, 1.807) is 37.4 Å². The highest BCUT2D eigenvalue weighted by molar-refractivity contribution is 7.22. The van der Waals surface area contributed by atoms with Gasteiger partial charge >= 0.3 is 5.69 Å². The predicted octanol–water partition coefficient (Wildman–Crippen LogP) is 4.64. The number of nitrogens with zero attached hydrogens (tertiary/aromatic N) is 3. The highest BCUT2D eigenvalue weighted by atomic mass is 32.1. The van der Waals surface area contributed by atoms with Crippen molar-refractivity contribution in [2.24, 2.45) is 0 Å². The third-order valence-electron chi connectivity index (χ3n) is 7.66. The number of benzene rings is 3. The summed E-state index contributed by atoms with van der Waals surface area (Å²) in [4.78, 5) is 31.8. The van der Waals surface area contributed by atoms with Crippen LogP contribution in [0.5, 0.6) is 11.5 Å². The number of nitrogens with two attached hydrogens (primary N) is 1. The van der Waals surface area contributed by atoms with Gasteiger partial charge in [-0.2, -0.15) is 0 Å². The lowest BCUT2D eigenvalue weighted by Crippen LogP contribution is -2.39. The van der Waals surface area contributed by atoms with E-state index in [4.69, 9.17) is 19.9 Å². The normalized spacial score (nSPS) is 12.5. The maximum Gasteiger partial charge on any atom is 0.337 e. The van der Waals surface area contributed by atoms with Crippen LogP contribution in [0.25, 0.3) is 26.3 Å². The lowest BCUT2D eigenvalue weighted by molar-refractivity contribution is 0.162. The van der Waals surface area contributed by atoms with E-state index in [0.717, 1.165) is 32.7 Å². The van der Waals surface area contributed by atoms with E-state index < -0.39 is 29.4 Å². The fourth-order valence-corrected chi connectivity index (χ4v) is 6.61. The first-order valence-electron chi connectivity index (χ1n) is 13.9. The first-order chi connectivity index (χ1) is 21.3. The summed E-state index contributed by atoms with van der Waals surface area (Å²) in [5, 5.41) is 0.302. The molecule has 0 fully saturated rings. The summed E-state index contributed by atoms with van der Waals surface area (Å²) in [6.45, 7) is 1.39. The van der Waals surface area contributed by atoms with E-state index >= 15 is 0 Å². The molecule has 2 N–H and O–H groups in total. The molecule has 0 bridgehead atoms. The van der Waals surface area contributed by atoms with Crippen LogP contribution in [0.3, 0.4) is 0 Å². The molecule has 2 aromatic heterocycles. The van der Waals surface area contributed by atoms with Gasteiger partial charge in [0.1, 0.15) is 16.5 Å². The molecule has 12 heteroatoms. The Morgan fingerprint density at radius 1 is 0.977 bits per heavy atom. The second-order valence-corrected chi connectivity index (χ2v) is 11.5. The number of anilines is 1. The van der Waals surface area contributed by atoms with Crippen LogP contribution in [-0.2, 0) is 17.7 Å². The van der Waals surface area contributed by atoms with Gasteiger partial charge < -0.3 is 24.8 Å². The maximum absolute atomic E-state index is 14.9. The van der Waals surface area contributed by atoms with Gasteiger partial charge in [0.15, 0.2) is 11.5 Å². The van der Waals surface area contributed by atoms with Crippen molar-refractivity contribution in [1.82, 2.24) is 14.0 Å². The number of likely N-dealkylation sites (N-methyl/N-ethyl adjacent to an activating group) is 1. The standard InChI is InChI=1S/C32H30F2N4O5S/c1-36(14-15-41-2)13-12-22-28-30(39)38(21-10-11-26-27(16-21)43-18-42-26)32(40)37(17-23-24(33)4-3-5-25(23)34)31(28)44-29(22)19-6-8-20(35)9-7-19/h3-11,16H,12-15,17-18,35H2,1-2H3. The minimum Gasteiger partial charge on any atom is -0.454 e. The zero-order valence-corrected chi connectivity index (χ0v) is 25.0. The number of aromatic nitrogens is 2. The number of halogens is 2. The Bertz CT molecular complexity index is 1950. The van der Waals surface area contributed by atoms with E-state index in [1.165, 1.54) is 22.0 Å². The van der Waals surface area contributed by atoms with Crippen molar-refractivity contribution < 1.29 is 23.0 Å². The Morgan fingerprint density at radius 2 is 1.70 bits per heavy atom. The SMILES string of the molecule is COCCN(C)CCc1c(-c2ccc(N)cc2)sc2c1c(=O)n(-c1ccc3c(c1)OCO3)c(=O)n2Cc1c(F)cccc1F. The minimum atomic E-state index is -0.791. The lowest BCUT2D eigenvalue weighted by atomic mass is 10.0. The van der Waals surface area contributed by atoms with E-state index in [-0.39, 0.29) is 18.0 Å². The molecule has 228 valence electrons. The topological polar surface area (TPSA) is 101 Å². The molecule has 1 aliphatic rings. The molecule has 1 aliphatic heterocycles. The van der Waals surface area contributed by atoms with Crippen molar-refractivity contribution in [2.45, 2.75) is 13.0 Å². The third kappa shape index (κ3) is 5.47. The fraction of sp³-hybridized carbons (Fsp3) is 0.250. The van der Waals surface area contributed by atoms with Gasteiger partial charge in [0.25, 0.3) is 5.56 Å². The van der Waals surface area contributed by atoms with Crippen molar-refractivity contribution in [3.8, 4) is 27.6 Å². The Labute approximate surface area is 255 Å². The Morgan fingerprint density at radius 3 is 2.43 bits per heavy atom. The van der Waals surface area contributed by atoms with Crippen molar-refractivity contribution in [2.75, 3.05) is 46.4 Å². The molecule has 0 spiro atoms. The van der Waals surface area contributed by atoms with Crippen LogP contribution in [-0.4, -0.2) is 54.7 Å². The van der Waals surface area contributed by atoms with Crippen LogP contribution in [0.4, 0.5) is 14.5 Å². The average molecular weight is 621 g/mol. The van der Waals surface area contributed by atoms with Gasteiger partial charge in [-0.3, -0.25) is 9.36 Å². The van der Waals surface area contributed by atoms with Crippen LogP contribution < -0.4 is 26.5 Å². The van der Waals surface area contributed by atoms with Crippen molar-refractivity contribution >= 4 is 27.2 Å². The summed E-state index contributed by atoms with van der Waals surface area (Å²) in [6, 6.07) is 15.5. The molecule has 5 aromatic rings. The number of thiophene rings is 1. The summed E-state index contributed by atoms with van der Waals surface area (Å²) in [5.74, 6) is -0.714. The molecular weight excluding hydrogens is 590 g/mol. The smallest absolute Gasteiger partial charge is 0.337 e. The Hall–Kier alpha value is -4.52. The van der Waals surface area contributed by atoms with Crippen molar-refractivity contribution in [3.63, 3.8) is 0 Å².